The van der Waals surface area contributed by atoms with Crippen molar-refractivity contribution in [2.75, 3.05) is 6.61 Å². The molecule has 3 aromatic rings. The molecule has 1 aliphatic carbocycles. The van der Waals surface area contributed by atoms with Crippen LogP contribution in [0.4, 0.5) is 0 Å². The molecule has 31 heavy (non-hydrogen) atoms. The zero-order chi connectivity index (χ0) is 21.8. The molecule has 2 aromatic carbocycles. The highest BCUT2D eigenvalue weighted by Gasteiger charge is 2.17. The summed E-state index contributed by atoms with van der Waals surface area (Å²) in [6.07, 6.45) is 3.19. The first-order valence-electron chi connectivity index (χ1n) is 10.6. The van der Waals surface area contributed by atoms with Crippen molar-refractivity contribution in [2.24, 2.45) is 0 Å². The zero-order valence-corrected chi connectivity index (χ0v) is 17.5. The zero-order valence-electron chi connectivity index (χ0n) is 17.5. The smallest absolute Gasteiger partial charge is 0.306 e. The fourth-order valence-electron chi connectivity index (χ4n) is 3.89. The Morgan fingerprint density at radius 1 is 1.03 bits per heavy atom. The molecule has 0 aliphatic heterocycles. The van der Waals surface area contributed by atoms with Gasteiger partial charge in [-0.1, -0.05) is 30.3 Å². The number of hydrogen-bond donors (Lipinski definition) is 1. The molecule has 0 saturated carbocycles. The van der Waals surface area contributed by atoms with Crippen molar-refractivity contribution in [3.05, 3.63) is 71.0 Å². The van der Waals surface area contributed by atoms with Gasteiger partial charge in [0.2, 0.25) is 0 Å². The lowest BCUT2D eigenvalue weighted by atomic mass is 10.0. The number of ether oxygens (including phenoxy) is 1. The van der Waals surface area contributed by atoms with Crippen molar-refractivity contribution in [3.63, 3.8) is 0 Å². The predicted molar refractivity (Wildman–Crippen MR) is 116 cm³/mol. The van der Waals surface area contributed by atoms with Crippen LogP contribution in [0.5, 0.6) is 0 Å². The van der Waals surface area contributed by atoms with E-state index in [0.29, 0.717) is 11.3 Å². The van der Waals surface area contributed by atoms with E-state index < -0.39 is 18.5 Å². The third-order valence-electron chi connectivity index (χ3n) is 5.59. The SMILES string of the molecule is C[C@@H](NC(=O)COC(=O)CCC(=O)c1ccc2c(c1)CCC2)c1cc2ccccc2o1. The first kappa shape index (κ1) is 20.8. The highest BCUT2D eigenvalue weighted by molar-refractivity contribution is 5.98. The van der Waals surface area contributed by atoms with Crippen molar-refractivity contribution in [2.45, 2.75) is 45.1 Å². The lowest BCUT2D eigenvalue weighted by molar-refractivity contribution is -0.148. The van der Waals surface area contributed by atoms with Crippen LogP contribution in [-0.2, 0) is 27.2 Å². The van der Waals surface area contributed by atoms with Gasteiger partial charge in [0.25, 0.3) is 5.91 Å². The number of hydrogen-bond acceptors (Lipinski definition) is 5. The molecule has 0 spiro atoms. The first-order valence-corrected chi connectivity index (χ1v) is 10.6. The van der Waals surface area contributed by atoms with Crippen molar-refractivity contribution in [1.82, 2.24) is 5.32 Å². The number of amides is 1. The van der Waals surface area contributed by atoms with Gasteiger partial charge in [-0.3, -0.25) is 14.4 Å². The number of Topliss-reactive ketones (excluding diaryl/α,β-unsaturated/α-hetero) is 1. The van der Waals surface area contributed by atoms with Gasteiger partial charge in [0, 0.05) is 17.4 Å². The number of benzene rings is 2. The molecule has 0 fully saturated rings. The average molecular weight is 419 g/mol. The molecule has 1 heterocycles. The van der Waals surface area contributed by atoms with Crippen molar-refractivity contribution in [3.8, 4) is 0 Å². The minimum absolute atomic E-state index is 0.0532. The summed E-state index contributed by atoms with van der Waals surface area (Å²) in [5.74, 6) is -0.456. The largest absolute Gasteiger partial charge is 0.459 e. The standard InChI is InChI=1S/C25H25NO5/c1-16(23-14-20-5-2-3-8-22(20)31-23)26-24(28)15-30-25(29)12-11-21(27)19-10-9-17-6-4-7-18(17)13-19/h2-3,5,8-10,13-14,16H,4,6-7,11-12,15H2,1H3,(H,26,28)/t16-/m1/s1. The Kier molecular flexibility index (Phi) is 6.16. The minimum atomic E-state index is -0.568. The summed E-state index contributed by atoms with van der Waals surface area (Å²) in [4.78, 5) is 36.5. The predicted octanol–water partition coefficient (Wildman–Crippen LogP) is 4.31. The maximum Gasteiger partial charge on any atom is 0.306 e. The normalized spacial score (nSPS) is 13.6. The van der Waals surface area contributed by atoms with Gasteiger partial charge in [-0.25, -0.2) is 0 Å². The second-order valence-corrected chi connectivity index (χ2v) is 7.90. The molecule has 1 atom stereocenters. The van der Waals surface area contributed by atoms with Crippen LogP contribution in [0.1, 0.15) is 59.5 Å². The van der Waals surface area contributed by atoms with Crippen LogP contribution in [0, 0.1) is 0 Å². The van der Waals surface area contributed by atoms with Gasteiger partial charge in [0.05, 0.1) is 12.5 Å². The Bertz CT molecular complexity index is 1100. The molecule has 1 amide bonds. The minimum Gasteiger partial charge on any atom is -0.459 e. The monoisotopic (exact) mass is 419 g/mol. The Hall–Kier alpha value is -3.41. The van der Waals surface area contributed by atoms with Crippen LogP contribution in [0.15, 0.2) is 52.9 Å². The van der Waals surface area contributed by atoms with Crippen LogP contribution in [-0.4, -0.2) is 24.3 Å². The Labute approximate surface area is 180 Å². The average Bonchev–Trinajstić information content (AvgIpc) is 3.42. The van der Waals surface area contributed by atoms with Gasteiger partial charge in [-0.05, 0) is 55.5 Å². The second-order valence-electron chi connectivity index (χ2n) is 7.90. The van der Waals surface area contributed by atoms with E-state index in [9.17, 15) is 14.4 Å². The number of para-hydroxylation sites is 1. The number of aryl methyl sites for hydroxylation is 2. The maximum atomic E-state index is 12.4. The third-order valence-corrected chi connectivity index (χ3v) is 5.59. The van der Waals surface area contributed by atoms with E-state index in [0.717, 1.165) is 30.2 Å². The van der Waals surface area contributed by atoms with Gasteiger partial charge < -0.3 is 14.5 Å². The second kappa shape index (κ2) is 9.16. The van der Waals surface area contributed by atoms with Gasteiger partial charge in [0.1, 0.15) is 11.3 Å². The van der Waals surface area contributed by atoms with E-state index >= 15 is 0 Å². The number of carbonyl (C=O) groups excluding carboxylic acids is 3. The fraction of sp³-hybridized carbons (Fsp3) is 0.320. The summed E-state index contributed by atoms with van der Waals surface area (Å²) in [7, 11) is 0. The van der Waals surface area contributed by atoms with E-state index in [1.807, 2.05) is 48.5 Å². The highest BCUT2D eigenvalue weighted by Crippen LogP contribution is 2.24. The van der Waals surface area contributed by atoms with Crippen molar-refractivity contribution in [1.29, 1.82) is 0 Å². The van der Waals surface area contributed by atoms with E-state index in [-0.39, 0.29) is 24.7 Å². The number of carbonyl (C=O) groups is 3. The lowest BCUT2D eigenvalue weighted by Crippen LogP contribution is -2.31. The summed E-state index contributed by atoms with van der Waals surface area (Å²) in [5.41, 5.74) is 3.91. The summed E-state index contributed by atoms with van der Waals surface area (Å²) in [6, 6.07) is 14.9. The molecule has 1 N–H and O–H groups in total. The van der Waals surface area contributed by atoms with Crippen LogP contribution >= 0.6 is 0 Å². The van der Waals surface area contributed by atoms with Gasteiger partial charge in [-0.2, -0.15) is 0 Å². The highest BCUT2D eigenvalue weighted by atomic mass is 16.5. The summed E-state index contributed by atoms with van der Waals surface area (Å²) in [6.45, 7) is 1.41. The number of rotatable bonds is 8. The van der Waals surface area contributed by atoms with E-state index in [4.69, 9.17) is 9.15 Å². The van der Waals surface area contributed by atoms with E-state index in [2.05, 4.69) is 5.32 Å². The molecule has 1 aliphatic rings. The maximum absolute atomic E-state index is 12.4. The van der Waals surface area contributed by atoms with E-state index in [1.54, 1.807) is 6.92 Å². The molecule has 0 unspecified atom stereocenters. The number of fused-ring (bicyclic) bond motifs is 2. The van der Waals surface area contributed by atoms with Crippen LogP contribution < -0.4 is 5.32 Å². The Morgan fingerprint density at radius 2 is 1.84 bits per heavy atom. The molecule has 160 valence electrons. The van der Waals surface area contributed by atoms with Gasteiger partial charge in [0.15, 0.2) is 12.4 Å². The lowest BCUT2D eigenvalue weighted by Gasteiger charge is -2.11. The fourth-order valence-corrected chi connectivity index (χ4v) is 3.89. The topological polar surface area (TPSA) is 85.6 Å². The summed E-state index contributed by atoms with van der Waals surface area (Å²) >= 11 is 0. The summed E-state index contributed by atoms with van der Waals surface area (Å²) in [5, 5.41) is 3.71. The van der Waals surface area contributed by atoms with Crippen molar-refractivity contribution >= 4 is 28.6 Å². The van der Waals surface area contributed by atoms with Crippen LogP contribution in [0.3, 0.4) is 0 Å². The molecule has 0 bridgehead atoms. The van der Waals surface area contributed by atoms with Gasteiger partial charge in [-0.15, -0.1) is 0 Å². The molecule has 6 nitrogen and oxygen atoms in total. The number of nitrogens with one attached hydrogen (secondary N) is 1. The molecular weight excluding hydrogens is 394 g/mol. The Morgan fingerprint density at radius 3 is 2.68 bits per heavy atom. The molecule has 0 saturated heterocycles. The number of ketones is 1. The number of esters is 1. The number of furan rings is 1. The Balaban J connectivity index is 1.21. The van der Waals surface area contributed by atoms with Crippen LogP contribution in [0.2, 0.25) is 0 Å². The molecule has 0 radical (unpaired) electrons. The van der Waals surface area contributed by atoms with Crippen LogP contribution in [0.25, 0.3) is 11.0 Å². The molecular formula is C25H25NO5. The summed E-state index contributed by atoms with van der Waals surface area (Å²) < 4.78 is 10.8. The quantitative estimate of drug-likeness (QED) is 0.434. The van der Waals surface area contributed by atoms with Gasteiger partial charge >= 0.3 is 5.97 Å². The first-order chi connectivity index (χ1) is 15.0. The third kappa shape index (κ3) is 5.02. The molecule has 6 heteroatoms. The molecule has 4 rings (SSSR count). The van der Waals surface area contributed by atoms with E-state index in [1.165, 1.54) is 11.1 Å². The van der Waals surface area contributed by atoms with Crippen molar-refractivity contribution < 1.29 is 23.5 Å². The molecule has 1 aromatic heterocycles.